The summed E-state index contributed by atoms with van der Waals surface area (Å²) >= 11 is 0. The molecule has 2 aromatic carbocycles. The van der Waals surface area contributed by atoms with Crippen LogP contribution in [0.5, 0.6) is 0 Å². The fourth-order valence-electron chi connectivity index (χ4n) is 4.44. The normalized spacial score (nSPS) is 26.1. The molecule has 0 amide bonds. The van der Waals surface area contributed by atoms with Crippen LogP contribution in [0, 0.1) is 0 Å². The van der Waals surface area contributed by atoms with Crippen molar-refractivity contribution in [2.75, 3.05) is 0 Å². The van der Waals surface area contributed by atoms with Crippen LogP contribution in [0.4, 0.5) is 0 Å². The van der Waals surface area contributed by atoms with Crippen molar-refractivity contribution in [3.05, 3.63) is 60.7 Å². The fourth-order valence-corrected chi connectivity index (χ4v) is 9.17. The van der Waals surface area contributed by atoms with E-state index in [1.54, 1.807) is 0 Å². The molecule has 132 valence electrons. The average molecular weight is 353 g/mol. The summed E-state index contributed by atoms with van der Waals surface area (Å²) in [6.45, 7) is 7.02. The number of benzene rings is 2. The van der Waals surface area contributed by atoms with E-state index in [2.05, 4.69) is 81.4 Å². The highest BCUT2D eigenvalue weighted by Gasteiger charge is 2.56. The summed E-state index contributed by atoms with van der Waals surface area (Å²) < 4.78 is 13.1. The highest BCUT2D eigenvalue weighted by Crippen LogP contribution is 2.43. The minimum atomic E-state index is -2.43. The topological polar surface area (TPSA) is 21.8 Å². The van der Waals surface area contributed by atoms with Gasteiger partial charge in [-0.1, -0.05) is 81.4 Å². The van der Waals surface area contributed by atoms with Crippen LogP contribution >= 0.6 is 0 Å². The zero-order valence-electron chi connectivity index (χ0n) is 15.4. The third-order valence-electron chi connectivity index (χ3n) is 5.71. The second kappa shape index (κ2) is 6.38. The lowest BCUT2D eigenvalue weighted by Gasteiger charge is -2.45. The van der Waals surface area contributed by atoms with Gasteiger partial charge in [-0.15, -0.1) is 0 Å². The monoisotopic (exact) mass is 352 g/mol. The van der Waals surface area contributed by atoms with Gasteiger partial charge in [-0.3, -0.25) is 0 Å². The van der Waals surface area contributed by atoms with Gasteiger partial charge in [0.2, 0.25) is 0 Å². The molecule has 0 unspecified atom stereocenters. The molecule has 0 N–H and O–H groups in total. The first-order valence-corrected chi connectivity index (χ1v) is 11.4. The third-order valence-corrected chi connectivity index (χ3v) is 10.8. The molecule has 0 spiro atoms. The molecule has 3 heteroatoms. The molecule has 1 aliphatic heterocycles. The maximum atomic E-state index is 7.18. The Kier molecular flexibility index (Phi) is 4.34. The average Bonchev–Trinajstić information content (AvgIpc) is 3.40. The van der Waals surface area contributed by atoms with Crippen molar-refractivity contribution in [2.45, 2.75) is 63.4 Å². The first-order chi connectivity index (χ1) is 12.0. The molecule has 0 radical (unpaired) electrons. The van der Waals surface area contributed by atoms with Gasteiger partial charge in [-0.2, -0.15) is 0 Å². The highest BCUT2D eigenvalue weighted by atomic mass is 28.4. The molecule has 1 heterocycles. The summed E-state index contributed by atoms with van der Waals surface area (Å²) in [6, 6.07) is 21.8. The van der Waals surface area contributed by atoms with E-state index in [-0.39, 0.29) is 11.1 Å². The SMILES string of the molecule is CC(C)(C)[Si](O[C@H]1CCC[C@@H]2O[C@@H]21)(c1ccccc1)c1ccccc1. The van der Waals surface area contributed by atoms with E-state index in [1.165, 1.54) is 23.2 Å². The van der Waals surface area contributed by atoms with Crippen LogP contribution in [0.25, 0.3) is 0 Å². The van der Waals surface area contributed by atoms with Crippen molar-refractivity contribution < 1.29 is 9.16 Å². The lowest BCUT2D eigenvalue weighted by molar-refractivity contribution is 0.137. The molecule has 0 bridgehead atoms. The minimum absolute atomic E-state index is 0.0392. The Labute approximate surface area is 152 Å². The first kappa shape index (κ1) is 17.0. The van der Waals surface area contributed by atoms with Crippen LogP contribution in [0.1, 0.15) is 40.0 Å². The molecule has 3 atom stereocenters. The Morgan fingerprint density at radius 2 is 1.44 bits per heavy atom. The summed E-state index contributed by atoms with van der Waals surface area (Å²) in [5.41, 5.74) is 0. The predicted molar refractivity (Wildman–Crippen MR) is 105 cm³/mol. The number of fused-ring (bicyclic) bond motifs is 1. The van der Waals surface area contributed by atoms with E-state index in [1.807, 2.05) is 0 Å². The van der Waals surface area contributed by atoms with E-state index in [0.29, 0.717) is 12.2 Å². The quantitative estimate of drug-likeness (QED) is 0.615. The molecule has 2 aromatic rings. The summed E-state index contributed by atoms with van der Waals surface area (Å²) in [5, 5.41) is 2.75. The minimum Gasteiger partial charge on any atom is -0.402 e. The summed E-state index contributed by atoms with van der Waals surface area (Å²) in [4.78, 5) is 0. The van der Waals surface area contributed by atoms with Crippen LogP contribution in [-0.2, 0) is 9.16 Å². The van der Waals surface area contributed by atoms with Gasteiger partial charge in [-0.25, -0.2) is 0 Å². The maximum absolute atomic E-state index is 7.18. The van der Waals surface area contributed by atoms with Crippen molar-refractivity contribution in [1.29, 1.82) is 0 Å². The molecule has 1 saturated carbocycles. The van der Waals surface area contributed by atoms with E-state index in [4.69, 9.17) is 9.16 Å². The fraction of sp³-hybridized carbons (Fsp3) is 0.455. The van der Waals surface area contributed by atoms with Gasteiger partial charge in [0, 0.05) is 0 Å². The number of epoxide rings is 1. The molecule has 4 rings (SSSR count). The summed E-state index contributed by atoms with van der Waals surface area (Å²) in [5.74, 6) is 0. The third kappa shape index (κ3) is 2.99. The van der Waals surface area contributed by atoms with Crippen LogP contribution in [0.2, 0.25) is 5.04 Å². The van der Waals surface area contributed by atoms with Gasteiger partial charge in [0.25, 0.3) is 8.32 Å². The van der Waals surface area contributed by atoms with E-state index >= 15 is 0 Å². The zero-order valence-corrected chi connectivity index (χ0v) is 16.4. The van der Waals surface area contributed by atoms with Crippen LogP contribution < -0.4 is 10.4 Å². The number of hydrogen-bond acceptors (Lipinski definition) is 2. The number of ether oxygens (including phenoxy) is 1. The van der Waals surface area contributed by atoms with E-state index in [0.717, 1.165) is 6.42 Å². The molecule has 2 nitrogen and oxygen atoms in total. The highest BCUT2D eigenvalue weighted by molar-refractivity contribution is 6.99. The van der Waals surface area contributed by atoms with Crippen LogP contribution in [0.3, 0.4) is 0 Å². The van der Waals surface area contributed by atoms with Crippen LogP contribution in [0.15, 0.2) is 60.7 Å². The molecule has 1 saturated heterocycles. The Hall–Kier alpha value is -1.42. The Morgan fingerprint density at radius 1 is 0.880 bits per heavy atom. The van der Waals surface area contributed by atoms with Gasteiger partial charge in [-0.05, 0) is 34.7 Å². The molecule has 1 aliphatic carbocycles. The van der Waals surface area contributed by atoms with Crippen molar-refractivity contribution in [1.82, 2.24) is 0 Å². The molecule has 25 heavy (non-hydrogen) atoms. The second-order valence-corrected chi connectivity index (χ2v) is 12.6. The van der Waals surface area contributed by atoms with Gasteiger partial charge >= 0.3 is 0 Å². The largest absolute Gasteiger partial charge is 0.402 e. The second-order valence-electron chi connectivity index (χ2n) is 8.39. The van der Waals surface area contributed by atoms with Crippen molar-refractivity contribution in [3.8, 4) is 0 Å². The van der Waals surface area contributed by atoms with Crippen molar-refractivity contribution in [2.24, 2.45) is 0 Å². The Bertz CT molecular complexity index is 668. The van der Waals surface area contributed by atoms with Gasteiger partial charge in [0.15, 0.2) is 0 Å². The lowest BCUT2D eigenvalue weighted by Crippen LogP contribution is -2.68. The first-order valence-electron chi connectivity index (χ1n) is 9.47. The molecule has 2 aliphatic rings. The molecule has 0 aromatic heterocycles. The van der Waals surface area contributed by atoms with Crippen molar-refractivity contribution in [3.63, 3.8) is 0 Å². The van der Waals surface area contributed by atoms with E-state index in [9.17, 15) is 0 Å². The number of rotatable bonds is 4. The van der Waals surface area contributed by atoms with Gasteiger partial charge in [0.05, 0.1) is 12.2 Å². The standard InChI is InChI=1S/C22H28O2Si/c1-22(2,3)25(17-11-6-4-7-12-17,18-13-8-5-9-14-18)24-20-16-10-15-19-21(20)23-19/h4-9,11-14,19-21H,10,15-16H2,1-3H3/t19-,20-,21-/m0/s1. The van der Waals surface area contributed by atoms with Crippen LogP contribution in [-0.4, -0.2) is 26.6 Å². The number of hydrogen-bond donors (Lipinski definition) is 0. The van der Waals surface area contributed by atoms with Gasteiger partial charge in [0.1, 0.15) is 6.10 Å². The van der Waals surface area contributed by atoms with Gasteiger partial charge < -0.3 is 9.16 Å². The van der Waals surface area contributed by atoms with E-state index < -0.39 is 8.32 Å². The Balaban J connectivity index is 1.83. The Morgan fingerprint density at radius 3 is 1.96 bits per heavy atom. The lowest BCUT2D eigenvalue weighted by atomic mass is 9.98. The zero-order chi connectivity index (χ0) is 17.5. The summed E-state index contributed by atoms with van der Waals surface area (Å²) in [7, 11) is -2.43. The summed E-state index contributed by atoms with van der Waals surface area (Å²) in [6.07, 6.45) is 4.51. The smallest absolute Gasteiger partial charge is 0.261 e. The van der Waals surface area contributed by atoms with Crippen molar-refractivity contribution >= 4 is 18.7 Å². The molecular weight excluding hydrogens is 324 g/mol. The maximum Gasteiger partial charge on any atom is 0.261 e. The molecule has 2 fully saturated rings. The molecular formula is C22H28O2Si. The predicted octanol–water partition coefficient (Wildman–Crippen LogP) is 3.88.